The van der Waals surface area contributed by atoms with Crippen LogP contribution in [0.2, 0.25) is 0 Å². The Morgan fingerprint density at radius 1 is 1.27 bits per heavy atom. The van der Waals surface area contributed by atoms with Gasteiger partial charge in [-0.3, -0.25) is 14.6 Å². The van der Waals surface area contributed by atoms with E-state index >= 15 is 0 Å². The number of nitrogens with zero attached hydrogens (tertiary/aromatic N) is 4. The normalized spacial score (nSPS) is 25.1. The number of fused-ring (bicyclic) bond motifs is 1. The maximum atomic E-state index is 13.0. The summed E-state index contributed by atoms with van der Waals surface area (Å²) in [5.74, 6) is 0.483. The number of aromatic nitrogens is 3. The third kappa shape index (κ3) is 3.68. The summed E-state index contributed by atoms with van der Waals surface area (Å²) in [6.07, 6.45) is 9.47. The lowest BCUT2D eigenvalue weighted by Crippen LogP contribution is -2.40. The quantitative estimate of drug-likeness (QED) is 0.845. The number of carbonyl (C=O) groups is 2. The molecule has 5 rings (SSSR count). The molecule has 2 fully saturated rings. The molecule has 1 aliphatic heterocycles. The van der Waals surface area contributed by atoms with Crippen molar-refractivity contribution in [2.75, 3.05) is 6.54 Å². The molecule has 7 nitrogen and oxygen atoms in total. The van der Waals surface area contributed by atoms with E-state index in [4.69, 9.17) is 4.98 Å². The fourth-order valence-electron chi connectivity index (χ4n) is 4.75. The maximum Gasteiger partial charge on any atom is 0.225 e. The highest BCUT2D eigenvalue weighted by atomic mass is 16.2. The molecule has 1 N–H and O–H groups in total. The average molecular weight is 406 g/mol. The predicted octanol–water partition coefficient (Wildman–Crippen LogP) is 2.68. The molecule has 2 amide bonds. The Kier molecular flexibility index (Phi) is 4.56. The smallest absolute Gasteiger partial charge is 0.225 e. The van der Waals surface area contributed by atoms with E-state index < -0.39 is 0 Å². The second-order valence-corrected chi connectivity index (χ2v) is 9.62. The summed E-state index contributed by atoms with van der Waals surface area (Å²) in [4.78, 5) is 40.7. The van der Waals surface area contributed by atoms with Gasteiger partial charge in [0.25, 0.3) is 0 Å². The van der Waals surface area contributed by atoms with Gasteiger partial charge in [0, 0.05) is 48.7 Å². The van der Waals surface area contributed by atoms with Crippen LogP contribution in [0.5, 0.6) is 0 Å². The Bertz CT molecular complexity index is 986. The van der Waals surface area contributed by atoms with Gasteiger partial charge < -0.3 is 10.2 Å². The van der Waals surface area contributed by atoms with Crippen LogP contribution in [0.4, 0.5) is 0 Å². The number of rotatable bonds is 4. The molecule has 2 aliphatic carbocycles. The number of hydrogen-bond acceptors (Lipinski definition) is 5. The minimum absolute atomic E-state index is 0.0110. The molecule has 2 aromatic heterocycles. The third-order valence-corrected chi connectivity index (χ3v) is 6.43. The number of likely N-dealkylation sites (tertiary alicyclic amines) is 1. The Morgan fingerprint density at radius 2 is 2.10 bits per heavy atom. The molecule has 0 spiro atoms. The molecule has 0 radical (unpaired) electrons. The van der Waals surface area contributed by atoms with Gasteiger partial charge in [-0.05, 0) is 43.2 Å². The largest absolute Gasteiger partial charge is 0.349 e. The lowest BCUT2D eigenvalue weighted by Gasteiger charge is -2.37. The van der Waals surface area contributed by atoms with Crippen LogP contribution in [0, 0.1) is 11.3 Å². The number of pyridine rings is 1. The highest BCUT2D eigenvalue weighted by Gasteiger charge is 2.43. The van der Waals surface area contributed by atoms with Gasteiger partial charge in [-0.15, -0.1) is 0 Å². The zero-order valence-corrected chi connectivity index (χ0v) is 17.5. The Morgan fingerprint density at radius 3 is 2.83 bits per heavy atom. The molecule has 7 heteroatoms. The molecule has 1 saturated carbocycles. The first-order chi connectivity index (χ1) is 14.4. The second-order valence-electron chi connectivity index (χ2n) is 9.62. The van der Waals surface area contributed by atoms with Crippen LogP contribution in [0.1, 0.15) is 56.8 Å². The number of nitrogens with one attached hydrogen (secondary N) is 1. The van der Waals surface area contributed by atoms with Crippen LogP contribution in [-0.2, 0) is 16.0 Å². The van der Waals surface area contributed by atoms with E-state index in [1.165, 1.54) is 0 Å². The summed E-state index contributed by atoms with van der Waals surface area (Å²) in [6, 6.07) is 4.05. The summed E-state index contributed by atoms with van der Waals surface area (Å²) in [6.45, 7) is 4.96. The van der Waals surface area contributed by atoms with E-state index in [-0.39, 0.29) is 29.2 Å². The average Bonchev–Trinajstić information content (AvgIpc) is 3.48. The van der Waals surface area contributed by atoms with Crippen LogP contribution in [0.3, 0.4) is 0 Å². The van der Waals surface area contributed by atoms with Gasteiger partial charge in [-0.1, -0.05) is 13.8 Å². The predicted molar refractivity (Wildman–Crippen MR) is 111 cm³/mol. The SMILES string of the molecule is CC1(C)Cc2nc(-c3cccnc3)ncc2[C@@H](NC(=O)[C@H]2CC(=O)N(C3CC3)C2)C1. The van der Waals surface area contributed by atoms with Gasteiger partial charge in [-0.25, -0.2) is 9.97 Å². The molecule has 3 heterocycles. The van der Waals surface area contributed by atoms with Crippen molar-refractivity contribution in [2.24, 2.45) is 11.3 Å². The number of carbonyl (C=O) groups excluding carboxylic acids is 2. The van der Waals surface area contributed by atoms with Crippen molar-refractivity contribution in [1.29, 1.82) is 0 Å². The van der Waals surface area contributed by atoms with Crippen LogP contribution >= 0.6 is 0 Å². The van der Waals surface area contributed by atoms with Crippen molar-refractivity contribution in [3.8, 4) is 11.4 Å². The van der Waals surface area contributed by atoms with E-state index in [0.717, 1.165) is 42.5 Å². The zero-order chi connectivity index (χ0) is 20.9. The summed E-state index contributed by atoms with van der Waals surface area (Å²) >= 11 is 0. The van der Waals surface area contributed by atoms with Gasteiger partial charge in [-0.2, -0.15) is 0 Å². The molecule has 0 unspecified atom stereocenters. The van der Waals surface area contributed by atoms with Crippen molar-refractivity contribution in [3.63, 3.8) is 0 Å². The fraction of sp³-hybridized carbons (Fsp3) is 0.522. The molecule has 0 bridgehead atoms. The molecule has 3 aliphatic rings. The van der Waals surface area contributed by atoms with Crippen LogP contribution in [-0.4, -0.2) is 44.3 Å². The second kappa shape index (κ2) is 7.15. The Hall–Kier alpha value is -2.83. The van der Waals surface area contributed by atoms with Gasteiger partial charge in [0.1, 0.15) is 0 Å². The maximum absolute atomic E-state index is 13.0. The standard InChI is InChI=1S/C23H27N5O2/c1-23(2)9-18-17(12-25-21(26-18)14-4-3-7-24-11-14)19(10-23)27-22(30)15-8-20(29)28(13-15)16-5-6-16/h3-4,7,11-12,15-16,19H,5-6,8-10,13H2,1-2H3,(H,27,30)/t15-,19-/m0/s1. The van der Waals surface area contributed by atoms with Crippen molar-refractivity contribution >= 4 is 11.8 Å². The fourth-order valence-corrected chi connectivity index (χ4v) is 4.75. The highest BCUT2D eigenvalue weighted by molar-refractivity contribution is 5.89. The Balaban J connectivity index is 1.37. The molecular weight excluding hydrogens is 378 g/mol. The molecular formula is C23H27N5O2. The van der Waals surface area contributed by atoms with E-state index in [2.05, 4.69) is 29.1 Å². The number of amides is 2. The van der Waals surface area contributed by atoms with Crippen molar-refractivity contribution in [3.05, 3.63) is 42.0 Å². The lowest BCUT2D eigenvalue weighted by molar-refractivity contribution is -0.129. The van der Waals surface area contributed by atoms with E-state index in [0.29, 0.717) is 24.8 Å². The topological polar surface area (TPSA) is 88.1 Å². The first kappa shape index (κ1) is 19.2. The zero-order valence-electron chi connectivity index (χ0n) is 17.5. The van der Waals surface area contributed by atoms with Gasteiger partial charge in [0.15, 0.2) is 5.82 Å². The summed E-state index contributed by atoms with van der Waals surface area (Å²) in [5.41, 5.74) is 2.86. The molecule has 2 atom stereocenters. The first-order valence-corrected chi connectivity index (χ1v) is 10.8. The minimum Gasteiger partial charge on any atom is -0.349 e. The van der Waals surface area contributed by atoms with Gasteiger partial charge in [0.05, 0.1) is 17.7 Å². The van der Waals surface area contributed by atoms with E-state index in [1.807, 2.05) is 23.2 Å². The third-order valence-electron chi connectivity index (χ3n) is 6.43. The van der Waals surface area contributed by atoms with E-state index in [1.54, 1.807) is 12.4 Å². The number of hydrogen-bond donors (Lipinski definition) is 1. The lowest BCUT2D eigenvalue weighted by atomic mass is 9.74. The van der Waals surface area contributed by atoms with Gasteiger partial charge >= 0.3 is 0 Å². The van der Waals surface area contributed by atoms with Crippen LogP contribution < -0.4 is 5.32 Å². The minimum atomic E-state index is -0.262. The van der Waals surface area contributed by atoms with E-state index in [9.17, 15) is 9.59 Å². The molecule has 156 valence electrons. The Labute approximate surface area is 176 Å². The van der Waals surface area contributed by atoms with Crippen LogP contribution in [0.25, 0.3) is 11.4 Å². The van der Waals surface area contributed by atoms with Crippen molar-refractivity contribution < 1.29 is 9.59 Å². The first-order valence-electron chi connectivity index (χ1n) is 10.8. The van der Waals surface area contributed by atoms with Crippen molar-refractivity contribution in [2.45, 2.75) is 58.0 Å². The monoisotopic (exact) mass is 405 g/mol. The summed E-state index contributed by atoms with van der Waals surface area (Å²) in [5, 5.41) is 3.22. The molecule has 30 heavy (non-hydrogen) atoms. The molecule has 1 saturated heterocycles. The molecule has 2 aromatic rings. The highest BCUT2D eigenvalue weighted by Crippen LogP contribution is 2.41. The van der Waals surface area contributed by atoms with Crippen molar-refractivity contribution in [1.82, 2.24) is 25.2 Å². The van der Waals surface area contributed by atoms with Crippen LogP contribution in [0.15, 0.2) is 30.7 Å². The molecule has 0 aromatic carbocycles. The summed E-state index contributed by atoms with van der Waals surface area (Å²) < 4.78 is 0. The summed E-state index contributed by atoms with van der Waals surface area (Å²) in [7, 11) is 0. The van der Waals surface area contributed by atoms with Gasteiger partial charge in [0.2, 0.25) is 11.8 Å².